The Kier molecular flexibility index (Phi) is 3.36. The standard InChI is InChI=1S/C13H16BrNO2/c14-11-4-9(6-12-2-1-3-15-12)13-10(5-11)7-16-8-17-13/h4-5,12,15H,1-3,6-8H2. The second-order valence-electron chi connectivity index (χ2n) is 4.66. The van der Waals surface area contributed by atoms with Crippen molar-refractivity contribution in [2.75, 3.05) is 13.3 Å². The number of rotatable bonds is 2. The molecule has 0 radical (unpaired) electrons. The highest BCUT2D eigenvalue weighted by Gasteiger charge is 2.20. The number of nitrogens with one attached hydrogen (secondary N) is 1. The molecular formula is C13H16BrNO2. The van der Waals surface area contributed by atoms with Crippen molar-refractivity contribution in [3.05, 3.63) is 27.7 Å². The molecule has 1 fully saturated rings. The zero-order chi connectivity index (χ0) is 11.7. The predicted octanol–water partition coefficient (Wildman–Crippen LogP) is 2.61. The molecule has 0 aromatic heterocycles. The molecule has 0 saturated carbocycles. The lowest BCUT2D eigenvalue weighted by Crippen LogP contribution is -2.24. The Morgan fingerprint density at radius 1 is 1.41 bits per heavy atom. The second kappa shape index (κ2) is 4.96. The maximum atomic E-state index is 5.65. The summed E-state index contributed by atoms with van der Waals surface area (Å²) in [5, 5.41) is 3.53. The van der Waals surface area contributed by atoms with Crippen molar-refractivity contribution in [3.8, 4) is 5.75 Å². The minimum Gasteiger partial charge on any atom is -0.467 e. The van der Waals surface area contributed by atoms with Crippen LogP contribution in [-0.2, 0) is 17.8 Å². The van der Waals surface area contributed by atoms with Crippen LogP contribution in [0, 0.1) is 0 Å². The maximum absolute atomic E-state index is 5.65. The lowest BCUT2D eigenvalue weighted by Gasteiger charge is -2.22. The van der Waals surface area contributed by atoms with Crippen molar-refractivity contribution in [3.63, 3.8) is 0 Å². The molecule has 0 aliphatic carbocycles. The first-order valence-corrected chi connectivity index (χ1v) is 6.87. The van der Waals surface area contributed by atoms with Gasteiger partial charge in [-0.3, -0.25) is 0 Å². The van der Waals surface area contributed by atoms with Gasteiger partial charge in [-0.05, 0) is 43.5 Å². The quantitative estimate of drug-likeness (QED) is 0.910. The first-order valence-electron chi connectivity index (χ1n) is 6.08. The van der Waals surface area contributed by atoms with Gasteiger partial charge in [0.15, 0.2) is 6.79 Å². The average Bonchev–Trinajstić information content (AvgIpc) is 2.81. The van der Waals surface area contributed by atoms with Crippen LogP contribution in [0.5, 0.6) is 5.75 Å². The molecule has 3 rings (SSSR count). The summed E-state index contributed by atoms with van der Waals surface area (Å²) < 4.78 is 12.1. The molecule has 2 aliphatic rings. The highest BCUT2D eigenvalue weighted by atomic mass is 79.9. The summed E-state index contributed by atoms with van der Waals surface area (Å²) in [5.41, 5.74) is 2.44. The van der Waals surface area contributed by atoms with Crippen molar-refractivity contribution >= 4 is 15.9 Å². The number of benzene rings is 1. The normalized spacial score (nSPS) is 23.2. The first kappa shape index (κ1) is 11.5. The SMILES string of the molecule is Brc1cc2c(c(CC3CCCN3)c1)OCOC2. The molecule has 0 spiro atoms. The summed E-state index contributed by atoms with van der Waals surface area (Å²) in [4.78, 5) is 0. The molecule has 3 nitrogen and oxygen atoms in total. The smallest absolute Gasteiger partial charge is 0.189 e. The fraction of sp³-hybridized carbons (Fsp3) is 0.538. The number of halogens is 1. The van der Waals surface area contributed by atoms with E-state index < -0.39 is 0 Å². The summed E-state index contributed by atoms with van der Waals surface area (Å²) >= 11 is 3.56. The van der Waals surface area contributed by atoms with Crippen LogP contribution in [0.1, 0.15) is 24.0 Å². The molecule has 1 aromatic rings. The van der Waals surface area contributed by atoms with Gasteiger partial charge in [0.2, 0.25) is 0 Å². The highest BCUT2D eigenvalue weighted by molar-refractivity contribution is 9.10. The molecular weight excluding hydrogens is 282 g/mol. The minimum absolute atomic E-state index is 0.375. The molecule has 1 aromatic carbocycles. The molecule has 0 bridgehead atoms. The largest absolute Gasteiger partial charge is 0.467 e. The van der Waals surface area contributed by atoms with Crippen molar-refractivity contribution in [1.82, 2.24) is 5.32 Å². The van der Waals surface area contributed by atoms with E-state index in [1.54, 1.807) is 0 Å². The molecule has 1 unspecified atom stereocenters. The van der Waals surface area contributed by atoms with Gasteiger partial charge in [-0.1, -0.05) is 15.9 Å². The number of hydrogen-bond acceptors (Lipinski definition) is 3. The number of hydrogen-bond donors (Lipinski definition) is 1. The van der Waals surface area contributed by atoms with Gasteiger partial charge in [-0.2, -0.15) is 0 Å². The predicted molar refractivity (Wildman–Crippen MR) is 69.2 cm³/mol. The molecule has 1 N–H and O–H groups in total. The van der Waals surface area contributed by atoms with Crippen molar-refractivity contribution in [1.29, 1.82) is 0 Å². The first-order chi connectivity index (χ1) is 8.33. The number of fused-ring (bicyclic) bond motifs is 1. The molecule has 17 heavy (non-hydrogen) atoms. The minimum atomic E-state index is 0.375. The summed E-state index contributed by atoms with van der Waals surface area (Å²) in [5.74, 6) is 1.04. The molecule has 2 heterocycles. The van der Waals surface area contributed by atoms with Crippen LogP contribution in [0.2, 0.25) is 0 Å². The van der Waals surface area contributed by atoms with Crippen LogP contribution in [0.4, 0.5) is 0 Å². The van der Waals surface area contributed by atoms with Crippen molar-refractivity contribution in [2.24, 2.45) is 0 Å². The van der Waals surface area contributed by atoms with Gasteiger partial charge in [-0.15, -0.1) is 0 Å². The summed E-state index contributed by atoms with van der Waals surface area (Å²) in [6.07, 6.45) is 3.59. The third-order valence-corrected chi connectivity index (χ3v) is 3.84. The van der Waals surface area contributed by atoms with Crippen molar-refractivity contribution < 1.29 is 9.47 Å². The van der Waals surface area contributed by atoms with Crippen LogP contribution in [0.25, 0.3) is 0 Å². The van der Waals surface area contributed by atoms with Gasteiger partial charge in [-0.25, -0.2) is 0 Å². The molecule has 0 amide bonds. The average molecular weight is 298 g/mol. The third kappa shape index (κ3) is 2.49. The summed E-state index contributed by atoms with van der Waals surface area (Å²) in [6, 6.07) is 4.85. The van der Waals surface area contributed by atoms with Crippen LogP contribution in [0.15, 0.2) is 16.6 Å². The zero-order valence-electron chi connectivity index (χ0n) is 9.67. The Balaban J connectivity index is 1.88. The highest BCUT2D eigenvalue weighted by Crippen LogP contribution is 2.33. The summed E-state index contributed by atoms with van der Waals surface area (Å²) in [7, 11) is 0. The zero-order valence-corrected chi connectivity index (χ0v) is 11.3. The molecule has 2 aliphatic heterocycles. The second-order valence-corrected chi connectivity index (χ2v) is 5.58. The fourth-order valence-corrected chi connectivity index (χ4v) is 3.16. The lowest BCUT2D eigenvalue weighted by molar-refractivity contribution is -0.0171. The van der Waals surface area contributed by atoms with E-state index in [9.17, 15) is 0 Å². The van der Waals surface area contributed by atoms with Gasteiger partial charge in [0.25, 0.3) is 0 Å². The van der Waals surface area contributed by atoms with Crippen LogP contribution < -0.4 is 10.1 Å². The Morgan fingerprint density at radius 3 is 3.18 bits per heavy atom. The Hall–Kier alpha value is -0.580. The van der Waals surface area contributed by atoms with E-state index in [1.807, 2.05) is 0 Å². The van der Waals surface area contributed by atoms with E-state index in [-0.39, 0.29) is 0 Å². The lowest BCUT2D eigenvalue weighted by atomic mass is 10.0. The Morgan fingerprint density at radius 2 is 2.35 bits per heavy atom. The number of ether oxygens (including phenoxy) is 2. The summed E-state index contributed by atoms with van der Waals surface area (Å²) in [6.45, 7) is 2.17. The van der Waals surface area contributed by atoms with Crippen LogP contribution in [0.3, 0.4) is 0 Å². The Bertz CT molecular complexity index is 416. The molecule has 1 atom stereocenters. The topological polar surface area (TPSA) is 30.5 Å². The van der Waals surface area contributed by atoms with Crippen molar-refractivity contribution in [2.45, 2.75) is 31.9 Å². The van der Waals surface area contributed by atoms with E-state index in [1.165, 1.54) is 18.4 Å². The van der Waals surface area contributed by atoms with Crippen LogP contribution >= 0.6 is 15.9 Å². The molecule has 92 valence electrons. The molecule has 4 heteroatoms. The van der Waals surface area contributed by atoms with E-state index >= 15 is 0 Å². The maximum Gasteiger partial charge on any atom is 0.189 e. The van der Waals surface area contributed by atoms with E-state index in [2.05, 4.69) is 33.4 Å². The van der Waals surface area contributed by atoms with Gasteiger partial charge >= 0.3 is 0 Å². The van der Waals surface area contributed by atoms with Gasteiger partial charge in [0.1, 0.15) is 5.75 Å². The fourth-order valence-electron chi connectivity index (χ4n) is 2.60. The van der Waals surface area contributed by atoms with Gasteiger partial charge in [0, 0.05) is 16.1 Å². The van der Waals surface area contributed by atoms with E-state index in [4.69, 9.17) is 9.47 Å². The Labute approximate surface area is 110 Å². The molecule has 1 saturated heterocycles. The van der Waals surface area contributed by atoms with Gasteiger partial charge < -0.3 is 14.8 Å². The van der Waals surface area contributed by atoms with E-state index in [0.717, 1.165) is 28.8 Å². The van der Waals surface area contributed by atoms with Crippen LogP contribution in [-0.4, -0.2) is 19.4 Å². The monoisotopic (exact) mass is 297 g/mol. The third-order valence-electron chi connectivity index (χ3n) is 3.38. The van der Waals surface area contributed by atoms with Gasteiger partial charge in [0.05, 0.1) is 6.61 Å². The van der Waals surface area contributed by atoms with E-state index in [0.29, 0.717) is 19.4 Å².